The van der Waals surface area contributed by atoms with Crippen molar-refractivity contribution in [2.24, 2.45) is 0 Å². The van der Waals surface area contributed by atoms with Crippen molar-refractivity contribution < 1.29 is 9.53 Å². The summed E-state index contributed by atoms with van der Waals surface area (Å²) in [5, 5.41) is 5.69. The molecule has 27 heavy (non-hydrogen) atoms. The van der Waals surface area contributed by atoms with Crippen molar-refractivity contribution in [3.05, 3.63) is 54.0 Å². The van der Waals surface area contributed by atoms with Crippen LogP contribution in [0.15, 0.2) is 42.7 Å². The number of morpholine rings is 1. The van der Waals surface area contributed by atoms with Crippen LogP contribution in [0.2, 0.25) is 0 Å². The normalized spacial score (nSPS) is 20.7. The maximum Gasteiger partial charge on any atom is 0.248 e. The number of ether oxygens (including phenoxy) is 1. The lowest BCUT2D eigenvalue weighted by atomic mass is 10.1. The molecule has 2 aliphatic rings. The standard InChI is InChI=1S/C20H23N5O2/c26-20(24-8-10-27-11-9-24)19-14-23(13-16-4-7-22-25(16)19)12-15-2-1-3-18-17(15)5-6-21-18/h1-7,19,21H,8-14H2. The Bertz CT molecular complexity index is 956. The summed E-state index contributed by atoms with van der Waals surface area (Å²) in [4.78, 5) is 20.7. The van der Waals surface area contributed by atoms with Crippen molar-refractivity contribution in [3.63, 3.8) is 0 Å². The molecule has 7 heteroatoms. The van der Waals surface area contributed by atoms with Crippen LogP contribution in [0.3, 0.4) is 0 Å². The Hall–Kier alpha value is -2.64. The van der Waals surface area contributed by atoms with Gasteiger partial charge in [0.05, 0.1) is 18.9 Å². The first-order valence-electron chi connectivity index (χ1n) is 9.46. The zero-order chi connectivity index (χ0) is 18.2. The number of benzene rings is 1. The van der Waals surface area contributed by atoms with Gasteiger partial charge in [-0.2, -0.15) is 5.10 Å². The Morgan fingerprint density at radius 1 is 1.22 bits per heavy atom. The van der Waals surface area contributed by atoms with E-state index in [1.807, 2.05) is 21.8 Å². The van der Waals surface area contributed by atoms with E-state index in [-0.39, 0.29) is 11.9 Å². The van der Waals surface area contributed by atoms with E-state index < -0.39 is 0 Å². The van der Waals surface area contributed by atoms with Crippen molar-refractivity contribution in [2.45, 2.75) is 19.1 Å². The molecule has 1 atom stereocenters. The van der Waals surface area contributed by atoms with Crippen LogP contribution in [0, 0.1) is 0 Å². The monoisotopic (exact) mass is 365 g/mol. The highest BCUT2D eigenvalue weighted by atomic mass is 16.5. The van der Waals surface area contributed by atoms with E-state index in [4.69, 9.17) is 4.74 Å². The summed E-state index contributed by atoms with van der Waals surface area (Å²) < 4.78 is 7.30. The van der Waals surface area contributed by atoms with Gasteiger partial charge in [0.25, 0.3) is 0 Å². The second kappa shape index (κ2) is 6.83. The maximum atomic E-state index is 13.2. The minimum atomic E-state index is -0.271. The molecule has 7 nitrogen and oxygen atoms in total. The van der Waals surface area contributed by atoms with Crippen molar-refractivity contribution in [2.75, 3.05) is 32.8 Å². The molecule has 1 amide bonds. The van der Waals surface area contributed by atoms with Crippen LogP contribution in [-0.4, -0.2) is 63.3 Å². The topological polar surface area (TPSA) is 66.4 Å². The van der Waals surface area contributed by atoms with Crippen molar-refractivity contribution >= 4 is 16.8 Å². The molecule has 2 aromatic heterocycles. The summed E-state index contributed by atoms with van der Waals surface area (Å²) in [6.45, 7) is 4.84. The highest BCUT2D eigenvalue weighted by Crippen LogP contribution is 2.26. The Morgan fingerprint density at radius 2 is 2.11 bits per heavy atom. The predicted octanol–water partition coefficient (Wildman–Crippen LogP) is 1.78. The van der Waals surface area contributed by atoms with Gasteiger partial charge in [-0.15, -0.1) is 0 Å². The van der Waals surface area contributed by atoms with Crippen LogP contribution in [0.1, 0.15) is 17.3 Å². The fraction of sp³-hybridized carbons (Fsp3) is 0.400. The smallest absolute Gasteiger partial charge is 0.248 e. The second-order valence-corrected chi connectivity index (χ2v) is 7.25. The third-order valence-electron chi connectivity index (χ3n) is 5.55. The first kappa shape index (κ1) is 16.5. The molecule has 0 spiro atoms. The van der Waals surface area contributed by atoms with E-state index in [2.05, 4.69) is 39.2 Å². The summed E-state index contributed by atoms with van der Waals surface area (Å²) in [5.41, 5.74) is 3.52. The van der Waals surface area contributed by atoms with Crippen molar-refractivity contribution in [3.8, 4) is 0 Å². The number of aromatic nitrogens is 3. The number of amides is 1. The third-order valence-corrected chi connectivity index (χ3v) is 5.55. The molecule has 1 saturated heterocycles. The van der Waals surface area contributed by atoms with Gasteiger partial charge in [-0.1, -0.05) is 12.1 Å². The lowest BCUT2D eigenvalue weighted by Crippen LogP contribution is -2.49. The molecule has 5 rings (SSSR count). The summed E-state index contributed by atoms with van der Waals surface area (Å²) in [7, 11) is 0. The van der Waals surface area contributed by atoms with E-state index >= 15 is 0 Å². The molecule has 1 fully saturated rings. The largest absolute Gasteiger partial charge is 0.378 e. The molecule has 4 heterocycles. The highest BCUT2D eigenvalue weighted by molar-refractivity contribution is 5.83. The van der Waals surface area contributed by atoms with Gasteiger partial charge in [-0.05, 0) is 23.8 Å². The fourth-order valence-corrected chi connectivity index (χ4v) is 4.19. The van der Waals surface area contributed by atoms with Crippen molar-refractivity contribution in [1.82, 2.24) is 24.6 Å². The molecular formula is C20H23N5O2. The second-order valence-electron chi connectivity index (χ2n) is 7.25. The van der Waals surface area contributed by atoms with E-state index in [0.717, 1.165) is 24.3 Å². The van der Waals surface area contributed by atoms with Gasteiger partial charge in [-0.25, -0.2) is 0 Å². The molecule has 2 aliphatic heterocycles. The summed E-state index contributed by atoms with van der Waals surface area (Å²) in [6, 6.07) is 10.2. The number of H-pyrrole nitrogens is 1. The van der Waals surface area contributed by atoms with E-state index in [1.165, 1.54) is 10.9 Å². The van der Waals surface area contributed by atoms with Crippen molar-refractivity contribution in [1.29, 1.82) is 0 Å². The molecule has 0 aliphatic carbocycles. The van der Waals surface area contributed by atoms with Gasteiger partial charge in [0, 0.05) is 56.0 Å². The minimum Gasteiger partial charge on any atom is -0.378 e. The van der Waals surface area contributed by atoms with E-state index in [1.54, 1.807) is 6.20 Å². The molecule has 1 N–H and O–H groups in total. The van der Waals surface area contributed by atoms with E-state index in [0.29, 0.717) is 32.8 Å². The quantitative estimate of drug-likeness (QED) is 0.768. The summed E-state index contributed by atoms with van der Waals surface area (Å²) in [5.74, 6) is 0.146. The maximum absolute atomic E-state index is 13.2. The summed E-state index contributed by atoms with van der Waals surface area (Å²) >= 11 is 0. The summed E-state index contributed by atoms with van der Waals surface area (Å²) in [6.07, 6.45) is 3.77. The van der Waals surface area contributed by atoms with Crippen LogP contribution in [-0.2, 0) is 22.6 Å². The Labute approximate surface area is 157 Å². The Morgan fingerprint density at radius 3 is 3.00 bits per heavy atom. The number of fused-ring (bicyclic) bond motifs is 2. The van der Waals surface area contributed by atoms with E-state index in [9.17, 15) is 4.79 Å². The van der Waals surface area contributed by atoms with Crippen LogP contribution in [0.25, 0.3) is 10.9 Å². The van der Waals surface area contributed by atoms with Crippen LogP contribution in [0.4, 0.5) is 0 Å². The zero-order valence-corrected chi connectivity index (χ0v) is 15.2. The molecule has 0 saturated carbocycles. The predicted molar refractivity (Wildman–Crippen MR) is 101 cm³/mol. The van der Waals surface area contributed by atoms with Gasteiger partial charge in [0.1, 0.15) is 6.04 Å². The van der Waals surface area contributed by atoms with Gasteiger partial charge in [0.2, 0.25) is 5.91 Å². The third kappa shape index (κ3) is 3.02. The van der Waals surface area contributed by atoms with Crippen LogP contribution < -0.4 is 0 Å². The molecule has 0 radical (unpaired) electrons. The van der Waals surface area contributed by atoms with Gasteiger partial charge in [0.15, 0.2) is 0 Å². The van der Waals surface area contributed by atoms with Gasteiger partial charge in [-0.3, -0.25) is 14.4 Å². The number of carbonyl (C=O) groups excluding carboxylic acids is 1. The number of aromatic amines is 1. The Balaban J connectivity index is 1.41. The van der Waals surface area contributed by atoms with Gasteiger partial charge >= 0.3 is 0 Å². The minimum absolute atomic E-state index is 0.146. The molecule has 1 unspecified atom stereocenters. The zero-order valence-electron chi connectivity index (χ0n) is 15.2. The molecule has 0 bridgehead atoms. The number of hydrogen-bond donors (Lipinski definition) is 1. The lowest BCUT2D eigenvalue weighted by Gasteiger charge is -2.37. The lowest BCUT2D eigenvalue weighted by molar-refractivity contribution is -0.140. The number of hydrogen-bond acceptors (Lipinski definition) is 4. The molecular weight excluding hydrogens is 342 g/mol. The molecule has 3 aromatic rings. The number of nitrogens with one attached hydrogen (secondary N) is 1. The number of rotatable bonds is 3. The highest BCUT2D eigenvalue weighted by Gasteiger charge is 2.34. The number of nitrogens with zero attached hydrogens (tertiary/aromatic N) is 4. The van der Waals surface area contributed by atoms with Crippen LogP contribution in [0.5, 0.6) is 0 Å². The molecule has 1 aromatic carbocycles. The fourth-order valence-electron chi connectivity index (χ4n) is 4.19. The average molecular weight is 365 g/mol. The average Bonchev–Trinajstić information content (AvgIpc) is 3.37. The first-order chi connectivity index (χ1) is 13.3. The van der Waals surface area contributed by atoms with Crippen LogP contribution >= 0.6 is 0 Å². The molecule has 140 valence electrons. The number of carbonyl (C=O) groups is 1. The SMILES string of the molecule is O=C(C1CN(Cc2cccc3[nH]ccc23)Cc2ccnn21)N1CCOCC1. The Kier molecular flexibility index (Phi) is 4.18. The first-order valence-corrected chi connectivity index (χ1v) is 9.46. The van der Waals surface area contributed by atoms with Gasteiger partial charge < -0.3 is 14.6 Å².